The summed E-state index contributed by atoms with van der Waals surface area (Å²) in [6.45, 7) is 1.83. The maximum Gasteiger partial charge on any atom is 0.260 e. The molecule has 3 nitrogen and oxygen atoms in total. The van der Waals surface area contributed by atoms with Crippen molar-refractivity contribution in [3.63, 3.8) is 0 Å². The van der Waals surface area contributed by atoms with E-state index in [0.29, 0.717) is 0 Å². The van der Waals surface area contributed by atoms with Gasteiger partial charge in [0.05, 0.1) is 5.56 Å². The molecule has 4 rings (SSSR count). The number of fused-ring (bicyclic) bond motifs is 1. The number of ketones is 1. The molecule has 0 aliphatic heterocycles. The topological polar surface area (TPSA) is 49.9 Å². The molecule has 0 unspecified atom stereocenters. The Kier molecular flexibility index (Phi) is 3.69. The fourth-order valence-electron chi connectivity index (χ4n) is 3.02. The largest absolute Gasteiger partial charge is 0.313 e. The molecular formula is C20H17NO2S. The summed E-state index contributed by atoms with van der Waals surface area (Å²) in [5.74, 6) is 0.469. The van der Waals surface area contributed by atoms with Gasteiger partial charge < -0.3 is 4.98 Å². The summed E-state index contributed by atoms with van der Waals surface area (Å²) in [4.78, 5) is 28.3. The summed E-state index contributed by atoms with van der Waals surface area (Å²) in [6, 6.07) is 10.2. The number of aromatic amines is 1. The van der Waals surface area contributed by atoms with E-state index in [2.05, 4.69) is 17.1 Å². The van der Waals surface area contributed by atoms with Gasteiger partial charge in [0.1, 0.15) is 4.83 Å². The van der Waals surface area contributed by atoms with Crippen LogP contribution < -0.4 is 5.56 Å². The van der Waals surface area contributed by atoms with Crippen molar-refractivity contribution in [2.24, 2.45) is 0 Å². The van der Waals surface area contributed by atoms with Gasteiger partial charge in [0.15, 0.2) is 5.78 Å². The van der Waals surface area contributed by atoms with E-state index in [1.807, 2.05) is 30.5 Å². The Morgan fingerprint density at radius 1 is 1.21 bits per heavy atom. The van der Waals surface area contributed by atoms with Crippen molar-refractivity contribution in [2.45, 2.75) is 25.7 Å². The van der Waals surface area contributed by atoms with Crippen LogP contribution in [0.4, 0.5) is 0 Å². The molecular weight excluding hydrogens is 318 g/mol. The van der Waals surface area contributed by atoms with Crippen molar-refractivity contribution >= 4 is 33.4 Å². The van der Waals surface area contributed by atoms with Crippen molar-refractivity contribution in [3.8, 4) is 0 Å². The molecule has 0 radical (unpaired) electrons. The molecule has 3 aromatic rings. The molecule has 1 aliphatic carbocycles. The second-order valence-corrected chi connectivity index (χ2v) is 7.17. The zero-order valence-corrected chi connectivity index (χ0v) is 14.2. The lowest BCUT2D eigenvalue weighted by Crippen LogP contribution is -2.18. The standard InChI is InChI=1S/C20H17NO2S/c1-12-16-10-11-24-20(16)21-19(23)18(12)17(22)9-4-13-2-5-14(6-3-13)15-7-8-15/h2-6,9-11,15H,7-8H2,1H3,(H,21,23)/b9-4+. The number of benzene rings is 1. The molecule has 24 heavy (non-hydrogen) atoms. The third kappa shape index (κ3) is 2.74. The van der Waals surface area contributed by atoms with Crippen LogP contribution >= 0.6 is 11.3 Å². The van der Waals surface area contributed by atoms with Crippen LogP contribution in [0.3, 0.4) is 0 Å². The van der Waals surface area contributed by atoms with E-state index < -0.39 is 0 Å². The highest BCUT2D eigenvalue weighted by molar-refractivity contribution is 7.16. The molecule has 0 spiro atoms. The Labute approximate surface area is 143 Å². The number of rotatable bonds is 4. The molecule has 1 saturated carbocycles. The minimum Gasteiger partial charge on any atom is -0.313 e. The van der Waals surface area contributed by atoms with Crippen LogP contribution in [0, 0.1) is 6.92 Å². The molecule has 0 saturated heterocycles. The average Bonchev–Trinajstić information content (AvgIpc) is 3.32. The van der Waals surface area contributed by atoms with Crippen molar-refractivity contribution < 1.29 is 4.79 Å². The Bertz CT molecular complexity index is 1000. The fourth-order valence-corrected chi connectivity index (χ4v) is 3.86. The van der Waals surface area contributed by atoms with Gasteiger partial charge in [0, 0.05) is 5.39 Å². The fraction of sp³-hybridized carbons (Fsp3) is 0.200. The summed E-state index contributed by atoms with van der Waals surface area (Å²) in [5.41, 5.74) is 2.99. The maximum atomic E-state index is 12.5. The first kappa shape index (κ1) is 15.1. The lowest BCUT2D eigenvalue weighted by Gasteiger charge is -2.03. The van der Waals surface area contributed by atoms with E-state index in [1.54, 1.807) is 6.08 Å². The van der Waals surface area contributed by atoms with Gasteiger partial charge in [0.2, 0.25) is 0 Å². The van der Waals surface area contributed by atoms with Crippen molar-refractivity contribution in [1.82, 2.24) is 4.98 Å². The molecule has 0 amide bonds. The Morgan fingerprint density at radius 2 is 1.96 bits per heavy atom. The van der Waals surface area contributed by atoms with Crippen LogP contribution in [-0.2, 0) is 0 Å². The SMILES string of the molecule is Cc1c(C(=O)/C=C/c2ccc(C3CC3)cc2)c(=O)[nH]c2sccc12. The molecule has 2 heterocycles. The number of carbonyl (C=O) groups is 1. The van der Waals surface area contributed by atoms with E-state index in [0.717, 1.165) is 27.3 Å². The number of H-pyrrole nitrogens is 1. The highest BCUT2D eigenvalue weighted by atomic mass is 32.1. The van der Waals surface area contributed by atoms with Gasteiger partial charge in [-0.2, -0.15) is 0 Å². The van der Waals surface area contributed by atoms with E-state index in [1.165, 1.54) is 35.8 Å². The number of aromatic nitrogens is 1. The van der Waals surface area contributed by atoms with Crippen molar-refractivity contribution in [2.75, 3.05) is 0 Å². The number of aryl methyl sites for hydroxylation is 1. The van der Waals surface area contributed by atoms with Crippen molar-refractivity contribution in [1.29, 1.82) is 0 Å². The first-order chi connectivity index (χ1) is 11.6. The smallest absolute Gasteiger partial charge is 0.260 e. The first-order valence-corrected chi connectivity index (χ1v) is 8.94. The van der Waals surface area contributed by atoms with Crippen LogP contribution in [-0.4, -0.2) is 10.8 Å². The van der Waals surface area contributed by atoms with Crippen LogP contribution in [0.5, 0.6) is 0 Å². The van der Waals surface area contributed by atoms with Gasteiger partial charge in [-0.25, -0.2) is 0 Å². The number of pyridine rings is 1. The third-order valence-electron chi connectivity index (χ3n) is 4.56. The molecule has 1 aromatic carbocycles. The van der Waals surface area contributed by atoms with Crippen molar-refractivity contribution in [3.05, 3.63) is 74.4 Å². The normalized spacial score (nSPS) is 14.5. The molecule has 1 N–H and O–H groups in total. The van der Waals surface area contributed by atoms with E-state index >= 15 is 0 Å². The van der Waals surface area contributed by atoms with Crippen LogP contribution in [0.2, 0.25) is 0 Å². The van der Waals surface area contributed by atoms with Gasteiger partial charge in [-0.15, -0.1) is 11.3 Å². The van der Waals surface area contributed by atoms with E-state index in [4.69, 9.17) is 0 Å². The zero-order valence-electron chi connectivity index (χ0n) is 13.3. The van der Waals surface area contributed by atoms with Gasteiger partial charge in [0.25, 0.3) is 5.56 Å². The summed E-state index contributed by atoms with van der Waals surface area (Å²) < 4.78 is 0. The van der Waals surface area contributed by atoms with Crippen LogP contribution in [0.1, 0.15) is 45.8 Å². The quantitative estimate of drug-likeness (QED) is 0.556. The Morgan fingerprint density at radius 3 is 2.67 bits per heavy atom. The predicted molar refractivity (Wildman–Crippen MR) is 99.0 cm³/mol. The minimum absolute atomic E-state index is 0.228. The number of thiophene rings is 1. The Balaban J connectivity index is 1.62. The summed E-state index contributed by atoms with van der Waals surface area (Å²) >= 11 is 1.47. The molecule has 4 heteroatoms. The predicted octanol–water partition coefficient (Wildman–Crippen LogP) is 4.67. The first-order valence-electron chi connectivity index (χ1n) is 8.06. The monoisotopic (exact) mass is 335 g/mol. The van der Waals surface area contributed by atoms with E-state index in [-0.39, 0.29) is 16.9 Å². The molecule has 0 atom stereocenters. The number of nitrogens with one attached hydrogen (secondary N) is 1. The molecule has 2 aromatic heterocycles. The molecule has 0 bridgehead atoms. The highest BCUT2D eigenvalue weighted by Crippen LogP contribution is 2.39. The van der Waals surface area contributed by atoms with E-state index in [9.17, 15) is 9.59 Å². The second-order valence-electron chi connectivity index (χ2n) is 6.26. The summed E-state index contributed by atoms with van der Waals surface area (Å²) in [7, 11) is 0. The number of carbonyl (C=O) groups excluding carboxylic acids is 1. The Hall–Kier alpha value is -2.46. The zero-order chi connectivity index (χ0) is 16.7. The van der Waals surface area contributed by atoms with Gasteiger partial charge in [-0.1, -0.05) is 30.3 Å². The minimum atomic E-state index is -0.318. The average molecular weight is 335 g/mol. The van der Waals surface area contributed by atoms with Gasteiger partial charge in [-0.05, 0) is 59.9 Å². The lowest BCUT2D eigenvalue weighted by atomic mass is 10.0. The summed E-state index contributed by atoms with van der Waals surface area (Å²) in [5, 5.41) is 2.85. The second kappa shape index (κ2) is 5.87. The van der Waals surface area contributed by atoms with Gasteiger partial charge >= 0.3 is 0 Å². The number of hydrogen-bond donors (Lipinski definition) is 1. The molecule has 1 fully saturated rings. The number of hydrogen-bond acceptors (Lipinski definition) is 3. The highest BCUT2D eigenvalue weighted by Gasteiger charge is 2.22. The number of allylic oxidation sites excluding steroid dienone is 1. The van der Waals surface area contributed by atoms with Gasteiger partial charge in [-0.3, -0.25) is 9.59 Å². The van der Waals surface area contributed by atoms with Crippen LogP contribution in [0.15, 0.2) is 46.6 Å². The molecule has 1 aliphatic rings. The lowest BCUT2D eigenvalue weighted by molar-refractivity contribution is 0.104. The summed E-state index contributed by atoms with van der Waals surface area (Å²) in [6.07, 6.45) is 5.82. The molecule has 120 valence electrons. The maximum absolute atomic E-state index is 12.5. The third-order valence-corrected chi connectivity index (χ3v) is 5.39. The van der Waals surface area contributed by atoms with Crippen LogP contribution in [0.25, 0.3) is 16.3 Å².